The molecular formula is C24H27N7O. The molecule has 1 saturated heterocycles. The van der Waals surface area contributed by atoms with E-state index in [9.17, 15) is 4.79 Å². The van der Waals surface area contributed by atoms with Gasteiger partial charge in [0.25, 0.3) is 5.91 Å². The lowest BCUT2D eigenvalue weighted by atomic mass is 10.0. The molecule has 1 aromatic carbocycles. The fourth-order valence-corrected chi connectivity index (χ4v) is 4.43. The minimum atomic E-state index is 0.0624. The Morgan fingerprint density at radius 3 is 2.50 bits per heavy atom. The Labute approximate surface area is 187 Å². The Morgan fingerprint density at radius 1 is 1.03 bits per heavy atom. The second-order valence-corrected chi connectivity index (χ2v) is 8.46. The number of amides is 1. The van der Waals surface area contributed by atoms with Crippen molar-refractivity contribution in [3.8, 4) is 11.3 Å². The average Bonchev–Trinajstić information content (AvgIpc) is 3.36. The molecule has 4 heterocycles. The second kappa shape index (κ2) is 8.20. The third kappa shape index (κ3) is 3.89. The molecule has 164 valence electrons. The number of rotatable bonds is 4. The van der Waals surface area contributed by atoms with Gasteiger partial charge in [0.15, 0.2) is 0 Å². The lowest BCUT2D eigenvalue weighted by Gasteiger charge is -2.34. The average molecular weight is 430 g/mol. The van der Waals surface area contributed by atoms with E-state index in [-0.39, 0.29) is 5.91 Å². The molecule has 0 aliphatic carbocycles. The van der Waals surface area contributed by atoms with Crippen molar-refractivity contribution in [3.05, 3.63) is 65.7 Å². The summed E-state index contributed by atoms with van der Waals surface area (Å²) in [7, 11) is 3.83. The molecule has 1 aliphatic rings. The van der Waals surface area contributed by atoms with Crippen molar-refractivity contribution in [1.29, 1.82) is 0 Å². The fourth-order valence-electron chi connectivity index (χ4n) is 4.43. The summed E-state index contributed by atoms with van der Waals surface area (Å²) in [6.07, 6.45) is 5.91. The summed E-state index contributed by atoms with van der Waals surface area (Å²) in [6.45, 7) is 5.93. The first-order valence-electron chi connectivity index (χ1n) is 10.9. The number of para-hydroxylation sites is 1. The van der Waals surface area contributed by atoms with Gasteiger partial charge in [0.05, 0.1) is 28.7 Å². The van der Waals surface area contributed by atoms with Gasteiger partial charge in [-0.05, 0) is 19.1 Å². The van der Waals surface area contributed by atoms with Crippen molar-refractivity contribution in [2.75, 3.05) is 26.2 Å². The molecule has 1 aliphatic heterocycles. The summed E-state index contributed by atoms with van der Waals surface area (Å²) in [4.78, 5) is 22.8. The summed E-state index contributed by atoms with van der Waals surface area (Å²) < 4.78 is 3.61. The van der Waals surface area contributed by atoms with E-state index in [2.05, 4.69) is 15.1 Å². The van der Waals surface area contributed by atoms with E-state index in [0.29, 0.717) is 18.7 Å². The molecule has 0 saturated carbocycles. The molecule has 3 aromatic heterocycles. The number of aryl methyl sites for hydroxylation is 3. The molecule has 0 spiro atoms. The van der Waals surface area contributed by atoms with Gasteiger partial charge in [-0.15, -0.1) is 0 Å². The van der Waals surface area contributed by atoms with Gasteiger partial charge in [-0.3, -0.25) is 19.1 Å². The maximum absolute atomic E-state index is 13.6. The Hall–Kier alpha value is -3.52. The van der Waals surface area contributed by atoms with Crippen LogP contribution in [0.1, 0.15) is 21.6 Å². The summed E-state index contributed by atoms with van der Waals surface area (Å²) >= 11 is 0. The molecule has 0 bridgehead atoms. The topological polar surface area (TPSA) is 72.1 Å². The highest BCUT2D eigenvalue weighted by atomic mass is 16.2. The molecule has 0 radical (unpaired) electrons. The molecule has 0 unspecified atom stereocenters. The van der Waals surface area contributed by atoms with E-state index in [1.54, 1.807) is 4.68 Å². The Bertz CT molecular complexity index is 1280. The van der Waals surface area contributed by atoms with Gasteiger partial charge in [0, 0.05) is 75.7 Å². The standard InChI is InChI=1S/C24H27N7O/c1-17-21(16-29(3)27-17)23-12-20(19-6-4-5-7-22(19)26-23)24(32)31-10-8-30(9-11-31)15-18-13-25-28(2)14-18/h4-7,12-14,16H,8-11,15H2,1-3H3. The third-order valence-corrected chi connectivity index (χ3v) is 6.06. The molecule has 1 fully saturated rings. The van der Waals surface area contributed by atoms with Gasteiger partial charge >= 0.3 is 0 Å². The van der Waals surface area contributed by atoms with Gasteiger partial charge in [-0.25, -0.2) is 4.98 Å². The first-order valence-corrected chi connectivity index (χ1v) is 10.9. The number of aromatic nitrogens is 5. The van der Waals surface area contributed by atoms with Gasteiger partial charge in [-0.2, -0.15) is 10.2 Å². The summed E-state index contributed by atoms with van der Waals surface area (Å²) in [5.41, 5.74) is 5.37. The maximum atomic E-state index is 13.6. The van der Waals surface area contributed by atoms with E-state index >= 15 is 0 Å². The predicted octanol–water partition coefficient (Wildman–Crippen LogP) is 2.64. The van der Waals surface area contributed by atoms with Crippen molar-refractivity contribution in [1.82, 2.24) is 34.3 Å². The quantitative estimate of drug-likeness (QED) is 0.499. The number of hydrogen-bond donors (Lipinski definition) is 0. The molecule has 8 heteroatoms. The van der Waals surface area contributed by atoms with Gasteiger partial charge in [0.2, 0.25) is 0 Å². The van der Waals surface area contributed by atoms with E-state index in [0.717, 1.165) is 47.5 Å². The third-order valence-electron chi connectivity index (χ3n) is 6.06. The van der Waals surface area contributed by atoms with Crippen LogP contribution in [-0.4, -0.2) is 66.4 Å². The number of pyridine rings is 1. The number of carbonyl (C=O) groups excluding carboxylic acids is 1. The van der Waals surface area contributed by atoms with Crippen molar-refractivity contribution in [3.63, 3.8) is 0 Å². The minimum absolute atomic E-state index is 0.0624. The van der Waals surface area contributed by atoms with E-state index in [1.807, 2.05) is 79.5 Å². The molecule has 0 N–H and O–H groups in total. The van der Waals surface area contributed by atoms with Crippen molar-refractivity contribution >= 4 is 16.8 Å². The van der Waals surface area contributed by atoms with Crippen LogP contribution >= 0.6 is 0 Å². The molecule has 32 heavy (non-hydrogen) atoms. The zero-order valence-electron chi connectivity index (χ0n) is 18.7. The van der Waals surface area contributed by atoms with Crippen LogP contribution in [0.4, 0.5) is 0 Å². The largest absolute Gasteiger partial charge is 0.336 e. The highest BCUT2D eigenvalue weighted by molar-refractivity contribution is 6.07. The molecule has 5 rings (SSSR count). The number of nitrogens with zero attached hydrogens (tertiary/aromatic N) is 7. The van der Waals surface area contributed by atoms with Gasteiger partial charge < -0.3 is 4.90 Å². The lowest BCUT2D eigenvalue weighted by molar-refractivity contribution is 0.0630. The summed E-state index contributed by atoms with van der Waals surface area (Å²) in [6, 6.07) is 9.79. The SMILES string of the molecule is Cc1nn(C)cc1-c1cc(C(=O)N2CCN(Cc3cnn(C)c3)CC2)c2ccccc2n1. The van der Waals surface area contributed by atoms with Crippen LogP contribution in [0.5, 0.6) is 0 Å². The monoisotopic (exact) mass is 429 g/mol. The smallest absolute Gasteiger partial charge is 0.254 e. The zero-order valence-corrected chi connectivity index (χ0v) is 18.7. The van der Waals surface area contributed by atoms with Crippen molar-refractivity contribution in [2.24, 2.45) is 14.1 Å². The maximum Gasteiger partial charge on any atom is 0.254 e. The van der Waals surface area contributed by atoms with Crippen LogP contribution in [-0.2, 0) is 20.6 Å². The van der Waals surface area contributed by atoms with Gasteiger partial charge in [-0.1, -0.05) is 18.2 Å². The van der Waals surface area contributed by atoms with Crippen LogP contribution in [0.15, 0.2) is 48.9 Å². The Kier molecular flexibility index (Phi) is 5.22. The Balaban J connectivity index is 1.40. The van der Waals surface area contributed by atoms with Crippen LogP contribution in [0.2, 0.25) is 0 Å². The highest BCUT2D eigenvalue weighted by Gasteiger charge is 2.25. The number of carbonyl (C=O) groups is 1. The molecule has 0 atom stereocenters. The Morgan fingerprint density at radius 2 is 1.81 bits per heavy atom. The summed E-state index contributed by atoms with van der Waals surface area (Å²) in [5, 5.41) is 9.58. The second-order valence-electron chi connectivity index (χ2n) is 8.46. The highest BCUT2D eigenvalue weighted by Crippen LogP contribution is 2.27. The van der Waals surface area contributed by atoms with Crippen LogP contribution in [0.25, 0.3) is 22.2 Å². The normalized spacial score (nSPS) is 14.9. The molecule has 8 nitrogen and oxygen atoms in total. The molecule has 1 amide bonds. The van der Waals surface area contributed by atoms with Crippen LogP contribution in [0.3, 0.4) is 0 Å². The first kappa shape index (κ1) is 20.4. The van der Waals surface area contributed by atoms with E-state index < -0.39 is 0 Å². The number of piperazine rings is 1. The molecular weight excluding hydrogens is 402 g/mol. The number of benzene rings is 1. The first-order chi connectivity index (χ1) is 15.5. The zero-order chi connectivity index (χ0) is 22.2. The van der Waals surface area contributed by atoms with E-state index in [4.69, 9.17) is 4.98 Å². The molecule has 4 aromatic rings. The lowest BCUT2D eigenvalue weighted by Crippen LogP contribution is -2.48. The minimum Gasteiger partial charge on any atom is -0.336 e. The summed E-state index contributed by atoms with van der Waals surface area (Å²) in [5.74, 6) is 0.0624. The predicted molar refractivity (Wildman–Crippen MR) is 123 cm³/mol. The number of hydrogen-bond acceptors (Lipinski definition) is 5. The van der Waals surface area contributed by atoms with Crippen molar-refractivity contribution in [2.45, 2.75) is 13.5 Å². The van der Waals surface area contributed by atoms with Gasteiger partial charge in [0.1, 0.15) is 0 Å². The fraction of sp³-hybridized carbons (Fsp3) is 0.333. The van der Waals surface area contributed by atoms with Crippen LogP contribution in [0, 0.1) is 6.92 Å². The van der Waals surface area contributed by atoms with Crippen LogP contribution < -0.4 is 0 Å². The number of fused-ring (bicyclic) bond motifs is 1. The van der Waals surface area contributed by atoms with E-state index in [1.165, 1.54) is 5.56 Å². The van der Waals surface area contributed by atoms with Crippen molar-refractivity contribution < 1.29 is 4.79 Å².